The molecule has 0 spiro atoms. The zero-order chi connectivity index (χ0) is 11.4. The van der Waals surface area contributed by atoms with Gasteiger partial charge in [0.15, 0.2) is 0 Å². The molecular weight excluding hydrogens is 274 g/mol. The summed E-state index contributed by atoms with van der Waals surface area (Å²) < 4.78 is 5.32. The van der Waals surface area contributed by atoms with Crippen LogP contribution in [-0.2, 0) is 4.79 Å². The van der Waals surface area contributed by atoms with Gasteiger partial charge in [-0.15, -0.1) is 5.10 Å². The highest BCUT2D eigenvalue weighted by Crippen LogP contribution is 2.39. The Bertz CT molecular complexity index is 363. The van der Waals surface area contributed by atoms with Crippen LogP contribution in [0.5, 0.6) is 0 Å². The van der Waals surface area contributed by atoms with E-state index in [-0.39, 0.29) is 11.9 Å². The molecule has 0 aliphatic heterocycles. The van der Waals surface area contributed by atoms with Gasteiger partial charge in [-0.05, 0) is 25.7 Å². The highest BCUT2D eigenvalue weighted by molar-refractivity contribution is 9.09. The third-order valence-electron chi connectivity index (χ3n) is 2.40. The summed E-state index contributed by atoms with van der Waals surface area (Å²) in [6, 6.07) is 0.228. The SMILES string of the molecule is O=C(CCCCBr)Nc1nnc(C2CC2)o1. The fraction of sp³-hybridized carbons (Fsp3) is 0.700. The van der Waals surface area contributed by atoms with Crippen LogP contribution in [0, 0.1) is 0 Å². The Kier molecular flexibility index (Phi) is 3.93. The van der Waals surface area contributed by atoms with Crippen LogP contribution in [-0.4, -0.2) is 21.4 Å². The van der Waals surface area contributed by atoms with Crippen LogP contribution in [0.3, 0.4) is 0 Å². The van der Waals surface area contributed by atoms with Gasteiger partial charge in [0.2, 0.25) is 11.8 Å². The molecule has 1 fully saturated rings. The first-order valence-electron chi connectivity index (χ1n) is 5.49. The molecule has 1 N–H and O–H groups in total. The Morgan fingerprint density at radius 2 is 2.25 bits per heavy atom. The summed E-state index contributed by atoms with van der Waals surface area (Å²) in [7, 11) is 0. The van der Waals surface area contributed by atoms with E-state index in [4.69, 9.17) is 4.42 Å². The van der Waals surface area contributed by atoms with Gasteiger partial charge in [0, 0.05) is 17.7 Å². The molecule has 1 aromatic rings. The van der Waals surface area contributed by atoms with Crippen molar-refractivity contribution in [3.63, 3.8) is 0 Å². The number of hydrogen-bond donors (Lipinski definition) is 1. The average Bonchev–Trinajstić information content (AvgIpc) is 3.01. The quantitative estimate of drug-likeness (QED) is 0.645. The Balaban J connectivity index is 1.76. The molecule has 88 valence electrons. The number of unbranched alkanes of at least 4 members (excludes halogenated alkanes) is 1. The number of rotatable bonds is 6. The summed E-state index contributed by atoms with van der Waals surface area (Å²) in [5.41, 5.74) is 0. The van der Waals surface area contributed by atoms with Crippen LogP contribution >= 0.6 is 15.9 Å². The normalized spacial score (nSPS) is 15.1. The van der Waals surface area contributed by atoms with Crippen molar-refractivity contribution in [1.29, 1.82) is 0 Å². The molecule has 0 bridgehead atoms. The smallest absolute Gasteiger partial charge is 0.322 e. The number of hydrogen-bond acceptors (Lipinski definition) is 4. The maximum atomic E-state index is 11.4. The Hall–Kier alpha value is -0.910. The number of carbonyl (C=O) groups excluding carboxylic acids is 1. The van der Waals surface area contributed by atoms with Crippen LogP contribution < -0.4 is 5.32 Å². The summed E-state index contributed by atoms with van der Waals surface area (Å²) in [5.74, 6) is 1.01. The maximum absolute atomic E-state index is 11.4. The van der Waals surface area contributed by atoms with E-state index < -0.39 is 0 Å². The van der Waals surface area contributed by atoms with Crippen LogP contribution in [0.25, 0.3) is 0 Å². The van der Waals surface area contributed by atoms with Gasteiger partial charge in [-0.3, -0.25) is 10.1 Å². The molecule has 0 unspecified atom stereocenters. The van der Waals surface area contributed by atoms with E-state index in [2.05, 4.69) is 31.4 Å². The minimum atomic E-state index is -0.0630. The second-order valence-electron chi connectivity index (χ2n) is 3.91. The molecule has 0 radical (unpaired) electrons. The lowest BCUT2D eigenvalue weighted by Gasteiger charge is -1.98. The molecule has 1 aromatic heterocycles. The largest absolute Gasteiger partial charge is 0.408 e. The van der Waals surface area contributed by atoms with Crippen LogP contribution in [0.15, 0.2) is 4.42 Å². The topological polar surface area (TPSA) is 68.0 Å². The van der Waals surface area contributed by atoms with Crippen LogP contribution in [0.1, 0.15) is 43.9 Å². The van der Waals surface area contributed by atoms with E-state index in [1.54, 1.807) is 0 Å². The standard InChI is InChI=1S/C10H14BrN3O2/c11-6-2-1-3-8(15)12-10-14-13-9(16-10)7-4-5-7/h7H,1-6H2,(H,12,14,15). The first-order valence-corrected chi connectivity index (χ1v) is 6.61. The number of alkyl halides is 1. The second-order valence-corrected chi connectivity index (χ2v) is 4.71. The molecule has 1 amide bonds. The van der Waals surface area contributed by atoms with Crippen molar-refractivity contribution in [2.75, 3.05) is 10.6 Å². The van der Waals surface area contributed by atoms with Crippen LogP contribution in [0.2, 0.25) is 0 Å². The van der Waals surface area contributed by atoms with E-state index in [1.807, 2.05) is 0 Å². The molecule has 1 heterocycles. The lowest BCUT2D eigenvalue weighted by molar-refractivity contribution is -0.116. The number of nitrogens with one attached hydrogen (secondary N) is 1. The fourth-order valence-electron chi connectivity index (χ4n) is 1.34. The zero-order valence-electron chi connectivity index (χ0n) is 8.91. The zero-order valence-corrected chi connectivity index (χ0v) is 10.5. The number of aromatic nitrogens is 2. The average molecular weight is 288 g/mol. The molecule has 0 saturated heterocycles. The molecule has 16 heavy (non-hydrogen) atoms. The van der Waals surface area contributed by atoms with Gasteiger partial charge < -0.3 is 4.42 Å². The molecular formula is C10H14BrN3O2. The van der Waals surface area contributed by atoms with E-state index in [0.29, 0.717) is 18.2 Å². The van der Waals surface area contributed by atoms with Gasteiger partial charge in [-0.25, -0.2) is 0 Å². The molecule has 1 saturated carbocycles. The van der Waals surface area contributed by atoms with Crippen molar-refractivity contribution in [3.8, 4) is 0 Å². The summed E-state index contributed by atoms with van der Waals surface area (Å²) >= 11 is 3.32. The molecule has 1 aliphatic carbocycles. The lowest BCUT2D eigenvalue weighted by atomic mass is 10.2. The van der Waals surface area contributed by atoms with Crippen LogP contribution in [0.4, 0.5) is 6.01 Å². The van der Waals surface area contributed by atoms with Crippen molar-refractivity contribution in [1.82, 2.24) is 10.2 Å². The van der Waals surface area contributed by atoms with E-state index in [9.17, 15) is 4.79 Å². The molecule has 6 heteroatoms. The van der Waals surface area contributed by atoms with E-state index in [1.165, 1.54) is 0 Å². The van der Waals surface area contributed by atoms with Crippen molar-refractivity contribution >= 4 is 27.9 Å². The first kappa shape index (κ1) is 11.6. The van der Waals surface area contributed by atoms with Gasteiger partial charge in [0.05, 0.1) is 0 Å². The van der Waals surface area contributed by atoms with Crippen molar-refractivity contribution in [2.24, 2.45) is 0 Å². The Morgan fingerprint density at radius 3 is 2.94 bits per heavy atom. The monoisotopic (exact) mass is 287 g/mol. The first-order chi connectivity index (χ1) is 7.79. The number of nitrogens with zero attached hydrogens (tertiary/aromatic N) is 2. The minimum absolute atomic E-state index is 0.0630. The molecule has 0 aromatic carbocycles. The number of amides is 1. The third-order valence-corrected chi connectivity index (χ3v) is 2.96. The van der Waals surface area contributed by atoms with Gasteiger partial charge in [-0.1, -0.05) is 21.0 Å². The number of anilines is 1. The third kappa shape index (κ3) is 3.30. The predicted molar refractivity (Wildman–Crippen MR) is 62.5 cm³/mol. The number of halogens is 1. The molecule has 2 rings (SSSR count). The fourth-order valence-corrected chi connectivity index (χ4v) is 1.74. The molecule has 1 aliphatic rings. The Morgan fingerprint density at radius 1 is 1.44 bits per heavy atom. The maximum Gasteiger partial charge on any atom is 0.322 e. The molecule has 5 nitrogen and oxygen atoms in total. The summed E-state index contributed by atoms with van der Waals surface area (Å²) in [6.07, 6.45) is 4.57. The highest BCUT2D eigenvalue weighted by Gasteiger charge is 2.29. The number of carbonyl (C=O) groups is 1. The minimum Gasteiger partial charge on any atom is -0.408 e. The van der Waals surface area contributed by atoms with Crippen molar-refractivity contribution < 1.29 is 9.21 Å². The van der Waals surface area contributed by atoms with E-state index >= 15 is 0 Å². The molecule has 0 atom stereocenters. The van der Waals surface area contributed by atoms with Crippen molar-refractivity contribution in [2.45, 2.75) is 38.0 Å². The van der Waals surface area contributed by atoms with Gasteiger partial charge in [0.1, 0.15) is 0 Å². The van der Waals surface area contributed by atoms with E-state index in [0.717, 1.165) is 31.0 Å². The van der Waals surface area contributed by atoms with Gasteiger partial charge >= 0.3 is 6.01 Å². The van der Waals surface area contributed by atoms with Gasteiger partial charge in [-0.2, -0.15) is 0 Å². The summed E-state index contributed by atoms with van der Waals surface area (Å²) in [6.45, 7) is 0. The lowest BCUT2D eigenvalue weighted by Crippen LogP contribution is -2.11. The summed E-state index contributed by atoms with van der Waals surface area (Å²) in [4.78, 5) is 11.4. The van der Waals surface area contributed by atoms with Gasteiger partial charge in [0.25, 0.3) is 0 Å². The second kappa shape index (κ2) is 5.43. The predicted octanol–water partition coefficient (Wildman–Crippen LogP) is 2.45. The summed E-state index contributed by atoms with van der Waals surface area (Å²) in [5, 5.41) is 11.2. The Labute approximate surface area is 102 Å². The highest BCUT2D eigenvalue weighted by atomic mass is 79.9. The van der Waals surface area contributed by atoms with Crippen molar-refractivity contribution in [3.05, 3.63) is 5.89 Å².